The molecule has 0 bridgehead atoms. The fourth-order valence-corrected chi connectivity index (χ4v) is 4.80. The number of aryl methyl sites for hydroxylation is 1. The van der Waals surface area contributed by atoms with Crippen molar-refractivity contribution < 1.29 is 32.9 Å². The SMILES string of the molecule is COCCn1c(Cc2c(F)cc(-c3cccnc3OCc3ccc(C)cc3OC)cc2F)nc2ccc(C(=O)O)cc21. The number of pyridine rings is 1. The summed E-state index contributed by atoms with van der Waals surface area (Å²) in [4.78, 5) is 20.4. The van der Waals surface area contributed by atoms with Crippen LogP contribution in [0.5, 0.6) is 11.6 Å². The molecule has 8 nitrogen and oxygen atoms in total. The lowest BCUT2D eigenvalue weighted by Gasteiger charge is -2.14. The molecule has 0 unspecified atom stereocenters. The van der Waals surface area contributed by atoms with Gasteiger partial charge in [0.25, 0.3) is 0 Å². The summed E-state index contributed by atoms with van der Waals surface area (Å²) in [7, 11) is 3.12. The number of hydrogen-bond donors (Lipinski definition) is 1. The summed E-state index contributed by atoms with van der Waals surface area (Å²) in [5, 5.41) is 9.42. The number of carboxylic acid groups (broad SMARTS) is 1. The topological polar surface area (TPSA) is 95.7 Å². The highest BCUT2D eigenvalue weighted by molar-refractivity contribution is 5.92. The molecule has 5 aromatic rings. The van der Waals surface area contributed by atoms with E-state index in [-0.39, 0.29) is 35.6 Å². The minimum Gasteiger partial charge on any atom is -0.496 e. The van der Waals surface area contributed by atoms with Crippen LogP contribution in [-0.2, 0) is 24.3 Å². The van der Waals surface area contributed by atoms with Gasteiger partial charge < -0.3 is 23.9 Å². The van der Waals surface area contributed by atoms with Gasteiger partial charge >= 0.3 is 5.97 Å². The van der Waals surface area contributed by atoms with Crippen molar-refractivity contribution in [1.29, 1.82) is 0 Å². The van der Waals surface area contributed by atoms with E-state index in [4.69, 9.17) is 14.2 Å². The van der Waals surface area contributed by atoms with Crippen LogP contribution >= 0.6 is 0 Å². The molecule has 0 aliphatic heterocycles. The van der Waals surface area contributed by atoms with Gasteiger partial charge in [-0.25, -0.2) is 23.5 Å². The van der Waals surface area contributed by atoms with Crippen LogP contribution in [0.1, 0.15) is 32.9 Å². The molecule has 1 N–H and O–H groups in total. The number of hydrogen-bond acceptors (Lipinski definition) is 6. The molecular formula is C32H29F2N3O5. The Balaban J connectivity index is 1.46. The number of carbonyl (C=O) groups is 1. The van der Waals surface area contributed by atoms with E-state index in [1.54, 1.807) is 36.1 Å². The molecule has 0 saturated carbocycles. The van der Waals surface area contributed by atoms with Gasteiger partial charge in [-0.15, -0.1) is 0 Å². The summed E-state index contributed by atoms with van der Waals surface area (Å²) >= 11 is 0. The quantitative estimate of drug-likeness (QED) is 0.201. The maximum Gasteiger partial charge on any atom is 0.335 e. The lowest BCUT2D eigenvalue weighted by molar-refractivity contribution is 0.0697. The number of aromatic nitrogens is 3. The third-order valence-electron chi connectivity index (χ3n) is 6.96. The first kappa shape index (κ1) is 28.7. The zero-order valence-electron chi connectivity index (χ0n) is 23.4. The monoisotopic (exact) mass is 573 g/mol. The van der Waals surface area contributed by atoms with Crippen LogP contribution < -0.4 is 9.47 Å². The summed E-state index contributed by atoms with van der Waals surface area (Å²) in [6, 6.07) is 16.1. The molecule has 0 aliphatic rings. The fraction of sp³-hybridized carbons (Fsp3) is 0.219. The van der Waals surface area contributed by atoms with Gasteiger partial charge in [-0.2, -0.15) is 0 Å². The maximum atomic E-state index is 15.6. The van der Waals surface area contributed by atoms with Crippen molar-refractivity contribution in [3.05, 3.63) is 107 Å². The summed E-state index contributed by atoms with van der Waals surface area (Å²) in [6.07, 6.45) is 1.40. The summed E-state index contributed by atoms with van der Waals surface area (Å²) < 4.78 is 49.5. The van der Waals surface area contributed by atoms with Crippen molar-refractivity contribution >= 4 is 17.0 Å². The van der Waals surface area contributed by atoms with Crippen LogP contribution in [0, 0.1) is 18.6 Å². The Labute approximate surface area is 241 Å². The number of nitrogens with zero attached hydrogens (tertiary/aromatic N) is 3. The second-order valence-electron chi connectivity index (χ2n) is 9.74. The van der Waals surface area contributed by atoms with Crippen molar-refractivity contribution in [1.82, 2.24) is 14.5 Å². The number of methoxy groups -OCH3 is 2. The Bertz CT molecular complexity index is 1750. The lowest BCUT2D eigenvalue weighted by Crippen LogP contribution is -2.11. The van der Waals surface area contributed by atoms with Gasteiger partial charge in [-0.3, -0.25) is 0 Å². The normalized spacial score (nSPS) is 11.2. The molecule has 0 spiro atoms. The lowest BCUT2D eigenvalue weighted by atomic mass is 10.0. The highest BCUT2D eigenvalue weighted by Crippen LogP contribution is 2.33. The Kier molecular flexibility index (Phi) is 8.44. The molecule has 0 saturated heterocycles. The van der Waals surface area contributed by atoms with E-state index in [2.05, 4.69) is 9.97 Å². The van der Waals surface area contributed by atoms with Crippen molar-refractivity contribution in [2.75, 3.05) is 20.8 Å². The standard InChI is InChI=1S/C32H29F2N3O5/c1-19-6-7-21(29(13-19)41-3)18-42-31-23(5-4-10-35-31)22-14-25(33)24(26(34)15-22)17-30-36-27-9-8-20(32(38)39)16-28(27)37(30)11-12-40-2/h4-10,13-16H,11-12,17-18H2,1-3H3,(H,38,39). The maximum absolute atomic E-state index is 15.6. The first-order valence-corrected chi connectivity index (χ1v) is 13.2. The summed E-state index contributed by atoms with van der Waals surface area (Å²) in [5.74, 6) is -1.31. The molecule has 2 heterocycles. The van der Waals surface area contributed by atoms with E-state index in [1.807, 2.05) is 25.1 Å². The number of ether oxygens (including phenoxy) is 3. The molecule has 216 valence electrons. The average Bonchev–Trinajstić information content (AvgIpc) is 3.33. The molecule has 3 aromatic carbocycles. The van der Waals surface area contributed by atoms with Crippen LogP contribution in [0.25, 0.3) is 22.2 Å². The summed E-state index contributed by atoms with van der Waals surface area (Å²) in [6.45, 7) is 2.74. The molecule has 0 fully saturated rings. The fourth-order valence-electron chi connectivity index (χ4n) is 4.80. The number of aromatic carboxylic acids is 1. The molecule has 0 radical (unpaired) electrons. The molecule has 2 aromatic heterocycles. The Morgan fingerprint density at radius 2 is 1.81 bits per heavy atom. The number of halogens is 2. The first-order chi connectivity index (χ1) is 20.3. The second-order valence-corrected chi connectivity index (χ2v) is 9.74. The van der Waals surface area contributed by atoms with Gasteiger partial charge in [0, 0.05) is 43.0 Å². The van der Waals surface area contributed by atoms with Gasteiger partial charge in [0.1, 0.15) is 29.8 Å². The molecule has 42 heavy (non-hydrogen) atoms. The van der Waals surface area contributed by atoms with E-state index in [0.29, 0.717) is 41.3 Å². The van der Waals surface area contributed by atoms with Crippen molar-refractivity contribution in [3.63, 3.8) is 0 Å². The number of imidazole rings is 1. The highest BCUT2D eigenvalue weighted by atomic mass is 19.1. The predicted octanol–water partition coefficient (Wildman–Crippen LogP) is 6.21. The van der Waals surface area contributed by atoms with Crippen LogP contribution in [0.2, 0.25) is 0 Å². The molecule has 0 aliphatic carbocycles. The van der Waals surface area contributed by atoms with Crippen LogP contribution in [0.4, 0.5) is 8.78 Å². The third-order valence-corrected chi connectivity index (χ3v) is 6.96. The minimum absolute atomic E-state index is 0.0876. The van der Waals surface area contributed by atoms with E-state index < -0.39 is 17.6 Å². The zero-order valence-corrected chi connectivity index (χ0v) is 23.4. The van der Waals surface area contributed by atoms with Crippen LogP contribution in [-0.4, -0.2) is 46.4 Å². The van der Waals surface area contributed by atoms with Crippen molar-refractivity contribution in [3.8, 4) is 22.8 Å². The van der Waals surface area contributed by atoms with E-state index in [1.165, 1.54) is 31.4 Å². The molecule has 0 atom stereocenters. The van der Waals surface area contributed by atoms with Crippen LogP contribution in [0.15, 0.2) is 66.9 Å². The minimum atomic E-state index is -1.08. The molecule has 5 rings (SSSR count). The van der Waals surface area contributed by atoms with Gasteiger partial charge in [0.05, 0.1) is 30.3 Å². The smallest absolute Gasteiger partial charge is 0.335 e. The van der Waals surface area contributed by atoms with E-state index in [0.717, 1.165) is 11.1 Å². The molecule has 10 heteroatoms. The van der Waals surface area contributed by atoms with Gasteiger partial charge in [0.15, 0.2) is 0 Å². The Morgan fingerprint density at radius 3 is 2.52 bits per heavy atom. The van der Waals surface area contributed by atoms with E-state index in [9.17, 15) is 9.90 Å². The van der Waals surface area contributed by atoms with Gasteiger partial charge in [0.2, 0.25) is 5.88 Å². The van der Waals surface area contributed by atoms with Crippen LogP contribution in [0.3, 0.4) is 0 Å². The number of carboxylic acids is 1. The van der Waals surface area contributed by atoms with Crippen molar-refractivity contribution in [2.45, 2.75) is 26.5 Å². The zero-order chi connectivity index (χ0) is 29.8. The third kappa shape index (κ3) is 5.94. The Morgan fingerprint density at radius 1 is 1.02 bits per heavy atom. The molecular weight excluding hydrogens is 544 g/mol. The largest absolute Gasteiger partial charge is 0.496 e. The highest BCUT2D eigenvalue weighted by Gasteiger charge is 2.20. The second kappa shape index (κ2) is 12.4. The predicted molar refractivity (Wildman–Crippen MR) is 153 cm³/mol. The van der Waals surface area contributed by atoms with Gasteiger partial charge in [-0.05, 0) is 66.6 Å². The number of fused-ring (bicyclic) bond motifs is 1. The molecule has 0 amide bonds. The van der Waals surface area contributed by atoms with Gasteiger partial charge in [-0.1, -0.05) is 12.1 Å². The van der Waals surface area contributed by atoms with Crippen molar-refractivity contribution in [2.24, 2.45) is 0 Å². The van der Waals surface area contributed by atoms with E-state index >= 15 is 8.78 Å². The average molecular weight is 574 g/mol. The number of rotatable bonds is 11. The summed E-state index contributed by atoms with van der Waals surface area (Å²) in [5.41, 5.74) is 3.53. The number of benzene rings is 3. The Hall–Kier alpha value is -4.83. The first-order valence-electron chi connectivity index (χ1n) is 13.2.